The molecule has 0 aliphatic rings. The first kappa shape index (κ1) is 31.1. The minimum atomic E-state index is 0.439. The van der Waals surface area contributed by atoms with Crippen LogP contribution < -0.4 is 0 Å². The lowest BCUT2D eigenvalue weighted by Gasteiger charge is -2.11. The summed E-state index contributed by atoms with van der Waals surface area (Å²) >= 11 is 1.79. The monoisotopic (exact) mass is 697 g/mol. The second-order valence-corrected chi connectivity index (χ2v) is 14.3. The molecule has 2 aromatic heterocycles. The van der Waals surface area contributed by atoms with Crippen molar-refractivity contribution >= 4 is 93.4 Å². The number of thiophene rings is 1. The van der Waals surface area contributed by atoms with Crippen LogP contribution in [0.25, 0.3) is 74.8 Å². The van der Waals surface area contributed by atoms with Gasteiger partial charge in [-0.05, 0) is 93.5 Å². The highest BCUT2D eigenvalue weighted by molar-refractivity contribution is 7.25. The Bertz CT molecular complexity index is 3130. The third kappa shape index (κ3) is 5.41. The maximum Gasteiger partial charge on any atom is 0.161 e. The molecule has 0 fully saturated rings. The Labute approximate surface area is 309 Å². The number of amidine groups is 2. The van der Waals surface area contributed by atoms with Crippen molar-refractivity contribution in [1.82, 2.24) is 0 Å². The largest absolute Gasteiger partial charge is 0.456 e. The van der Waals surface area contributed by atoms with Gasteiger partial charge in [0.25, 0.3) is 0 Å². The molecule has 10 rings (SSSR count). The van der Waals surface area contributed by atoms with Crippen LogP contribution in [0.3, 0.4) is 0 Å². The maximum absolute atomic E-state index is 6.25. The minimum Gasteiger partial charge on any atom is -0.456 e. The highest BCUT2D eigenvalue weighted by Crippen LogP contribution is 2.38. The lowest BCUT2D eigenvalue weighted by atomic mass is 9.97. The van der Waals surface area contributed by atoms with Crippen LogP contribution in [0.4, 0.5) is 0 Å². The molecule has 10 aromatic rings. The third-order valence-electron chi connectivity index (χ3n) is 10.1. The van der Waals surface area contributed by atoms with Gasteiger partial charge in [-0.25, -0.2) is 9.98 Å². The fraction of sp³-hybridized carbons (Fsp3) is 0.0208. The lowest BCUT2D eigenvalue weighted by molar-refractivity contribution is 0.669. The van der Waals surface area contributed by atoms with Crippen molar-refractivity contribution in [3.8, 4) is 11.1 Å². The summed E-state index contributed by atoms with van der Waals surface area (Å²) in [6.45, 7) is 4.43. The highest BCUT2D eigenvalue weighted by Gasteiger charge is 2.15. The Morgan fingerprint density at radius 3 is 2.11 bits per heavy atom. The van der Waals surface area contributed by atoms with Gasteiger partial charge < -0.3 is 4.42 Å². The molecule has 0 N–H and O–H groups in total. The molecule has 0 spiro atoms. The molecule has 0 saturated carbocycles. The van der Waals surface area contributed by atoms with E-state index in [1.807, 2.05) is 18.2 Å². The molecule has 53 heavy (non-hydrogen) atoms. The molecule has 0 aliphatic heterocycles. The molecule has 0 radical (unpaired) electrons. The Morgan fingerprint density at radius 2 is 1.23 bits per heavy atom. The van der Waals surface area contributed by atoms with E-state index < -0.39 is 0 Å². The smallest absolute Gasteiger partial charge is 0.161 e. The zero-order valence-corrected chi connectivity index (χ0v) is 29.5. The topological polar surface area (TPSA) is 50.2 Å². The van der Waals surface area contributed by atoms with Gasteiger partial charge in [0.2, 0.25) is 0 Å². The van der Waals surface area contributed by atoms with E-state index in [9.17, 15) is 0 Å². The van der Waals surface area contributed by atoms with Gasteiger partial charge in [0.1, 0.15) is 11.2 Å². The number of hydrogen-bond acceptors (Lipinski definition) is 3. The quantitative estimate of drug-likeness (QED) is 0.100. The Balaban J connectivity index is 1.15. The maximum atomic E-state index is 6.25. The first-order chi connectivity index (χ1) is 26.2. The minimum absolute atomic E-state index is 0.439. The van der Waals surface area contributed by atoms with Gasteiger partial charge >= 0.3 is 0 Å². The van der Waals surface area contributed by atoms with Crippen LogP contribution in [0.2, 0.25) is 0 Å². The van der Waals surface area contributed by atoms with Crippen molar-refractivity contribution in [2.24, 2.45) is 15.0 Å². The van der Waals surface area contributed by atoms with E-state index in [4.69, 9.17) is 14.4 Å². The van der Waals surface area contributed by atoms with Crippen LogP contribution in [0, 0.1) is 0 Å². The first-order valence-corrected chi connectivity index (χ1v) is 18.5. The summed E-state index contributed by atoms with van der Waals surface area (Å²) in [6, 6.07) is 57.2. The van der Waals surface area contributed by atoms with Gasteiger partial charge in [-0.15, -0.1) is 11.3 Å². The van der Waals surface area contributed by atoms with Crippen molar-refractivity contribution in [2.45, 2.75) is 6.54 Å². The van der Waals surface area contributed by atoms with E-state index >= 15 is 0 Å². The van der Waals surface area contributed by atoms with Crippen molar-refractivity contribution < 1.29 is 4.42 Å². The molecule has 0 atom stereocenters. The van der Waals surface area contributed by atoms with E-state index in [0.29, 0.717) is 18.2 Å². The number of fused-ring (bicyclic) bond motifs is 9. The molecule has 2 heterocycles. The molecule has 0 amide bonds. The first-order valence-electron chi connectivity index (χ1n) is 17.6. The summed E-state index contributed by atoms with van der Waals surface area (Å²) < 4.78 is 8.73. The van der Waals surface area contributed by atoms with Crippen LogP contribution in [0.15, 0.2) is 183 Å². The average Bonchev–Trinajstić information content (AvgIpc) is 3.79. The second-order valence-electron chi connectivity index (χ2n) is 13.2. The number of para-hydroxylation sites is 1. The Kier molecular flexibility index (Phi) is 7.52. The number of benzene rings is 8. The molecular weight excluding hydrogens is 667 g/mol. The van der Waals surface area contributed by atoms with E-state index in [0.717, 1.165) is 49.8 Å². The summed E-state index contributed by atoms with van der Waals surface area (Å²) in [6.07, 6.45) is 0. The SMILES string of the molecule is C=NC(=NC(=NCc1cc2ccccc2c2ccccc12)c1cccc(-c2cccc3oc4ccccc4c23)c1)c1ccc2sc3ccccc3c2c1. The molecule has 250 valence electrons. The van der Waals surface area contributed by atoms with Crippen LogP contribution >= 0.6 is 11.3 Å². The zero-order valence-electron chi connectivity index (χ0n) is 28.7. The predicted octanol–water partition coefficient (Wildman–Crippen LogP) is 13.0. The number of nitrogens with zero attached hydrogens (tertiary/aromatic N) is 3. The van der Waals surface area contributed by atoms with Crippen LogP contribution in [-0.2, 0) is 6.54 Å². The molecule has 0 aliphatic carbocycles. The lowest BCUT2D eigenvalue weighted by Crippen LogP contribution is -2.06. The van der Waals surface area contributed by atoms with Gasteiger partial charge in [-0.2, -0.15) is 0 Å². The number of rotatable bonds is 5. The molecule has 8 aromatic carbocycles. The van der Waals surface area contributed by atoms with E-state index in [2.05, 4.69) is 157 Å². The van der Waals surface area contributed by atoms with Crippen LogP contribution in [0.5, 0.6) is 0 Å². The van der Waals surface area contributed by atoms with Gasteiger partial charge in [0.05, 0.1) is 6.54 Å². The van der Waals surface area contributed by atoms with Crippen molar-refractivity contribution in [3.63, 3.8) is 0 Å². The third-order valence-corrected chi connectivity index (χ3v) is 11.2. The highest BCUT2D eigenvalue weighted by atomic mass is 32.1. The van der Waals surface area contributed by atoms with Gasteiger partial charge in [0, 0.05) is 42.1 Å². The average molecular weight is 698 g/mol. The van der Waals surface area contributed by atoms with Gasteiger partial charge in [-0.1, -0.05) is 115 Å². The molecule has 0 unspecified atom stereocenters. The van der Waals surface area contributed by atoms with Gasteiger partial charge in [0.15, 0.2) is 11.7 Å². The predicted molar refractivity (Wildman–Crippen MR) is 226 cm³/mol. The fourth-order valence-electron chi connectivity index (χ4n) is 7.61. The van der Waals surface area contributed by atoms with Crippen molar-refractivity contribution in [2.75, 3.05) is 0 Å². The van der Waals surface area contributed by atoms with Crippen LogP contribution in [-0.4, -0.2) is 18.4 Å². The summed E-state index contributed by atoms with van der Waals surface area (Å²) in [5, 5.41) is 9.41. The van der Waals surface area contributed by atoms with Gasteiger partial charge in [-0.3, -0.25) is 4.99 Å². The summed E-state index contributed by atoms with van der Waals surface area (Å²) in [5.74, 6) is 1.11. The summed E-state index contributed by atoms with van der Waals surface area (Å²) in [7, 11) is 0. The molecule has 5 heteroatoms. The molecule has 4 nitrogen and oxygen atoms in total. The molecule has 0 saturated heterocycles. The Hall–Kier alpha value is -6.69. The van der Waals surface area contributed by atoms with Crippen molar-refractivity contribution in [3.05, 3.63) is 180 Å². The summed E-state index contributed by atoms with van der Waals surface area (Å²) in [5.41, 5.74) is 6.80. The molecule has 0 bridgehead atoms. The molecular formula is C48H31N3OS. The van der Waals surface area contributed by atoms with E-state index in [-0.39, 0.29) is 0 Å². The van der Waals surface area contributed by atoms with E-state index in [1.54, 1.807) is 11.3 Å². The van der Waals surface area contributed by atoms with Crippen molar-refractivity contribution in [1.29, 1.82) is 0 Å². The zero-order chi connectivity index (χ0) is 35.3. The van der Waals surface area contributed by atoms with Crippen LogP contribution in [0.1, 0.15) is 16.7 Å². The van der Waals surface area contributed by atoms with E-state index in [1.165, 1.54) is 41.7 Å². The number of aliphatic imine (C=N–C) groups is 3. The Morgan fingerprint density at radius 1 is 0.528 bits per heavy atom. The second kappa shape index (κ2) is 12.8. The number of furan rings is 1. The standard InChI is InChI=1S/C48H31N3OS/c1-49-47(33-24-25-45-41(28-33)39-18-7-9-23-44(39)53-45)51-48(50-29-34-27-30-12-2-3-15-35(30)38-17-5-4-16-36(34)38)32-14-10-13-31(26-32)37-20-11-22-43-46(37)40-19-6-8-21-42(40)52-43/h2-28H,1,29H2. The number of hydrogen-bond donors (Lipinski definition) is 0. The summed E-state index contributed by atoms with van der Waals surface area (Å²) in [4.78, 5) is 15.0. The fourth-order valence-corrected chi connectivity index (χ4v) is 8.70. The normalized spacial score (nSPS) is 12.5.